The Balaban J connectivity index is 1.93. The third-order valence-corrected chi connectivity index (χ3v) is 4.14. The number of halogens is 2. The fraction of sp³-hybridized carbons (Fsp3) is 0.412. The van der Waals surface area contributed by atoms with Gasteiger partial charge < -0.3 is 10.1 Å². The van der Waals surface area contributed by atoms with Gasteiger partial charge in [0.2, 0.25) is 0 Å². The SMILES string of the molecule is CCCOCc1ccc(CNC(=O)c2c(Cl)c(CC)nn2Cl)cc1. The first-order chi connectivity index (χ1) is 11.6. The summed E-state index contributed by atoms with van der Waals surface area (Å²) in [5, 5.41) is 7.13. The van der Waals surface area contributed by atoms with Crippen molar-refractivity contribution >= 4 is 29.3 Å². The lowest BCUT2D eigenvalue weighted by Crippen LogP contribution is -2.24. The summed E-state index contributed by atoms with van der Waals surface area (Å²) in [5.41, 5.74) is 2.86. The molecular weight excluding hydrogens is 349 g/mol. The molecule has 2 aromatic rings. The molecule has 0 bridgehead atoms. The van der Waals surface area contributed by atoms with Crippen LogP contribution in [-0.2, 0) is 24.3 Å². The van der Waals surface area contributed by atoms with Crippen LogP contribution < -0.4 is 5.32 Å². The summed E-state index contributed by atoms with van der Waals surface area (Å²) < 4.78 is 6.50. The van der Waals surface area contributed by atoms with Gasteiger partial charge in [0.05, 0.1) is 17.3 Å². The summed E-state index contributed by atoms with van der Waals surface area (Å²) in [6, 6.07) is 7.90. The Hall–Kier alpha value is -1.56. The smallest absolute Gasteiger partial charge is 0.272 e. The van der Waals surface area contributed by atoms with Gasteiger partial charge in [-0.3, -0.25) is 4.79 Å². The van der Waals surface area contributed by atoms with Crippen LogP contribution in [0.4, 0.5) is 0 Å². The molecule has 0 fully saturated rings. The zero-order valence-electron chi connectivity index (χ0n) is 13.8. The largest absolute Gasteiger partial charge is 0.377 e. The van der Waals surface area contributed by atoms with E-state index in [1.54, 1.807) is 0 Å². The zero-order valence-corrected chi connectivity index (χ0v) is 15.3. The van der Waals surface area contributed by atoms with Gasteiger partial charge in [-0.15, -0.1) is 0 Å². The predicted molar refractivity (Wildman–Crippen MR) is 95.4 cm³/mol. The molecule has 0 aliphatic carbocycles. The van der Waals surface area contributed by atoms with Crippen LogP contribution in [0.15, 0.2) is 24.3 Å². The highest BCUT2D eigenvalue weighted by atomic mass is 35.5. The first-order valence-electron chi connectivity index (χ1n) is 7.94. The average Bonchev–Trinajstić information content (AvgIpc) is 2.88. The van der Waals surface area contributed by atoms with Gasteiger partial charge in [0.25, 0.3) is 5.91 Å². The Morgan fingerprint density at radius 3 is 2.50 bits per heavy atom. The molecule has 1 amide bonds. The molecule has 1 heterocycles. The van der Waals surface area contributed by atoms with Crippen molar-refractivity contribution < 1.29 is 9.53 Å². The molecule has 0 unspecified atom stereocenters. The molecule has 5 nitrogen and oxygen atoms in total. The second kappa shape index (κ2) is 9.06. The Kier molecular flexibility index (Phi) is 7.09. The summed E-state index contributed by atoms with van der Waals surface area (Å²) in [5.74, 6) is -0.349. The molecule has 0 spiro atoms. The lowest BCUT2D eigenvalue weighted by Gasteiger charge is -2.07. The molecule has 0 radical (unpaired) electrons. The van der Waals surface area contributed by atoms with E-state index < -0.39 is 0 Å². The lowest BCUT2D eigenvalue weighted by atomic mass is 10.1. The predicted octanol–water partition coefficient (Wildman–Crippen LogP) is 3.96. The molecule has 0 saturated heterocycles. The molecule has 24 heavy (non-hydrogen) atoms. The normalized spacial score (nSPS) is 10.8. The van der Waals surface area contributed by atoms with Crippen LogP contribution in [0.1, 0.15) is 47.6 Å². The Morgan fingerprint density at radius 1 is 1.25 bits per heavy atom. The third-order valence-electron chi connectivity index (χ3n) is 3.50. The van der Waals surface area contributed by atoms with Gasteiger partial charge in [-0.2, -0.15) is 9.30 Å². The highest BCUT2D eigenvalue weighted by molar-refractivity contribution is 6.35. The Morgan fingerprint density at radius 2 is 1.92 bits per heavy atom. The molecule has 0 saturated carbocycles. The second-order valence-electron chi connectivity index (χ2n) is 5.37. The van der Waals surface area contributed by atoms with Crippen LogP contribution in [-0.4, -0.2) is 21.8 Å². The summed E-state index contributed by atoms with van der Waals surface area (Å²) in [6.45, 7) is 5.72. The standard InChI is InChI=1S/C17H21Cl2N3O2/c1-3-9-24-11-13-7-5-12(6-8-13)10-20-17(23)16-15(18)14(4-2)21-22(16)19/h5-8H,3-4,9-11H2,1-2H3,(H,20,23). The number of aryl methyl sites for hydroxylation is 1. The first-order valence-corrected chi connectivity index (χ1v) is 8.65. The minimum absolute atomic E-state index is 0.166. The highest BCUT2D eigenvalue weighted by Crippen LogP contribution is 2.22. The number of ether oxygens (including phenoxy) is 1. The van der Waals surface area contributed by atoms with Crippen molar-refractivity contribution in [2.45, 2.75) is 39.8 Å². The number of nitrogens with zero attached hydrogens (tertiary/aromatic N) is 2. The van der Waals surface area contributed by atoms with Gasteiger partial charge in [-0.05, 0) is 24.0 Å². The number of benzene rings is 1. The lowest BCUT2D eigenvalue weighted by molar-refractivity contribution is 0.0944. The monoisotopic (exact) mass is 369 g/mol. The van der Waals surface area contributed by atoms with Crippen LogP contribution in [0, 0.1) is 0 Å². The van der Waals surface area contributed by atoms with Crippen molar-refractivity contribution in [2.75, 3.05) is 6.61 Å². The number of hydrogen-bond donors (Lipinski definition) is 1. The fourth-order valence-corrected chi connectivity index (χ4v) is 2.81. The van der Waals surface area contributed by atoms with E-state index in [0.717, 1.165) is 28.4 Å². The van der Waals surface area contributed by atoms with E-state index >= 15 is 0 Å². The minimum atomic E-state index is -0.349. The van der Waals surface area contributed by atoms with Crippen molar-refractivity contribution in [3.8, 4) is 0 Å². The van der Waals surface area contributed by atoms with Crippen molar-refractivity contribution in [3.63, 3.8) is 0 Å². The van der Waals surface area contributed by atoms with E-state index in [9.17, 15) is 4.79 Å². The van der Waals surface area contributed by atoms with Crippen molar-refractivity contribution in [1.29, 1.82) is 0 Å². The molecule has 2 rings (SSSR count). The first kappa shape index (κ1) is 18.8. The second-order valence-corrected chi connectivity index (χ2v) is 6.07. The molecule has 1 aromatic heterocycles. The Bertz CT molecular complexity index is 684. The number of nitrogens with one attached hydrogen (secondary N) is 1. The number of carbonyl (C=O) groups is 1. The molecule has 0 atom stereocenters. The maximum Gasteiger partial charge on any atom is 0.272 e. The van der Waals surface area contributed by atoms with Crippen molar-refractivity contribution in [2.24, 2.45) is 0 Å². The molecule has 1 N–H and O–H groups in total. The van der Waals surface area contributed by atoms with Crippen molar-refractivity contribution in [1.82, 2.24) is 14.6 Å². The van der Waals surface area contributed by atoms with Crippen LogP contribution >= 0.6 is 23.4 Å². The molecule has 130 valence electrons. The van der Waals surface area contributed by atoms with E-state index in [4.69, 9.17) is 28.1 Å². The molecule has 0 aliphatic heterocycles. The number of hydrogen-bond acceptors (Lipinski definition) is 3. The summed E-state index contributed by atoms with van der Waals surface area (Å²) in [4.78, 5) is 12.3. The molecular formula is C17H21Cl2N3O2. The van der Waals surface area contributed by atoms with Gasteiger partial charge in [0, 0.05) is 24.9 Å². The quantitative estimate of drug-likeness (QED) is 0.716. The summed E-state index contributed by atoms with van der Waals surface area (Å²) >= 11 is 12.1. The Labute approximate surface area is 152 Å². The fourth-order valence-electron chi connectivity index (χ4n) is 2.18. The molecule has 7 heteroatoms. The van der Waals surface area contributed by atoms with Crippen LogP contribution in [0.25, 0.3) is 0 Å². The molecule has 0 aliphatic rings. The number of carbonyl (C=O) groups excluding carboxylic acids is 1. The van der Waals surface area contributed by atoms with E-state index in [1.807, 2.05) is 31.2 Å². The molecule has 1 aromatic carbocycles. The third kappa shape index (κ3) is 4.72. The maximum absolute atomic E-state index is 12.3. The number of rotatable bonds is 8. The minimum Gasteiger partial charge on any atom is -0.377 e. The highest BCUT2D eigenvalue weighted by Gasteiger charge is 2.20. The summed E-state index contributed by atoms with van der Waals surface area (Å²) in [6.07, 6.45) is 1.62. The van der Waals surface area contributed by atoms with Gasteiger partial charge in [0.15, 0.2) is 5.69 Å². The van der Waals surface area contributed by atoms with E-state index in [2.05, 4.69) is 17.3 Å². The number of amides is 1. The number of aromatic nitrogens is 2. The van der Waals surface area contributed by atoms with Crippen LogP contribution in [0.5, 0.6) is 0 Å². The van der Waals surface area contributed by atoms with Gasteiger partial charge in [-0.1, -0.05) is 49.7 Å². The van der Waals surface area contributed by atoms with E-state index in [-0.39, 0.29) is 11.6 Å². The van der Waals surface area contributed by atoms with Gasteiger partial charge in [0.1, 0.15) is 0 Å². The van der Waals surface area contributed by atoms with E-state index in [0.29, 0.717) is 30.3 Å². The summed E-state index contributed by atoms with van der Waals surface area (Å²) in [7, 11) is 0. The van der Waals surface area contributed by atoms with Gasteiger partial charge >= 0.3 is 0 Å². The van der Waals surface area contributed by atoms with Crippen LogP contribution in [0.3, 0.4) is 0 Å². The zero-order chi connectivity index (χ0) is 17.5. The van der Waals surface area contributed by atoms with Crippen molar-refractivity contribution in [3.05, 3.63) is 51.8 Å². The average molecular weight is 370 g/mol. The topological polar surface area (TPSA) is 56.1 Å². The van der Waals surface area contributed by atoms with Crippen LogP contribution in [0.2, 0.25) is 5.02 Å². The van der Waals surface area contributed by atoms with Gasteiger partial charge in [-0.25, -0.2) is 0 Å². The maximum atomic E-state index is 12.3. The van der Waals surface area contributed by atoms with E-state index in [1.165, 1.54) is 0 Å².